The molecule has 0 spiro atoms. The highest BCUT2D eigenvalue weighted by Crippen LogP contribution is 2.22. The molecular weight excluding hydrogens is 318 g/mol. The van der Waals surface area contributed by atoms with Crippen molar-refractivity contribution >= 4 is 23.4 Å². The summed E-state index contributed by atoms with van der Waals surface area (Å²) < 4.78 is 0. The van der Waals surface area contributed by atoms with Crippen LogP contribution in [0.1, 0.15) is 36.8 Å². The molecule has 2 aliphatic rings. The fourth-order valence-corrected chi connectivity index (χ4v) is 3.81. The maximum absolute atomic E-state index is 12.4. The molecule has 2 fully saturated rings. The molecule has 0 aliphatic carbocycles. The van der Waals surface area contributed by atoms with Crippen LogP contribution < -0.4 is 5.32 Å². The first-order valence-corrected chi connectivity index (χ1v) is 8.92. The molecule has 0 unspecified atom stereocenters. The maximum atomic E-state index is 12.4. The van der Waals surface area contributed by atoms with Crippen LogP contribution in [0, 0.1) is 13.8 Å². The highest BCUT2D eigenvalue weighted by molar-refractivity contribution is 6.39. The lowest BCUT2D eigenvalue weighted by molar-refractivity contribution is -0.144. The van der Waals surface area contributed by atoms with E-state index in [0.717, 1.165) is 36.9 Å². The van der Waals surface area contributed by atoms with E-state index >= 15 is 0 Å². The summed E-state index contributed by atoms with van der Waals surface area (Å²) in [6.45, 7) is 5.77. The van der Waals surface area contributed by atoms with E-state index < -0.39 is 11.8 Å². The fourth-order valence-electron chi connectivity index (χ4n) is 3.81. The molecule has 25 heavy (non-hydrogen) atoms. The molecule has 134 valence electrons. The zero-order chi connectivity index (χ0) is 18.0. The van der Waals surface area contributed by atoms with Gasteiger partial charge in [0.2, 0.25) is 5.91 Å². The predicted octanol–water partition coefficient (Wildman–Crippen LogP) is 1.86. The zero-order valence-electron chi connectivity index (χ0n) is 14.9. The van der Waals surface area contributed by atoms with Gasteiger partial charge in [-0.2, -0.15) is 0 Å². The van der Waals surface area contributed by atoms with Crippen molar-refractivity contribution < 1.29 is 14.4 Å². The summed E-state index contributed by atoms with van der Waals surface area (Å²) in [7, 11) is 0. The highest BCUT2D eigenvalue weighted by Gasteiger charge is 2.33. The molecule has 2 saturated heterocycles. The predicted molar refractivity (Wildman–Crippen MR) is 95.1 cm³/mol. The van der Waals surface area contributed by atoms with E-state index in [0.29, 0.717) is 25.2 Å². The second kappa shape index (κ2) is 7.25. The first-order valence-electron chi connectivity index (χ1n) is 8.92. The lowest BCUT2D eigenvalue weighted by Gasteiger charge is -2.36. The molecule has 6 nitrogen and oxygen atoms in total. The number of hydrogen-bond donors (Lipinski definition) is 1. The number of nitrogens with one attached hydrogen (secondary N) is 1. The van der Waals surface area contributed by atoms with Crippen LogP contribution in [0.2, 0.25) is 0 Å². The summed E-state index contributed by atoms with van der Waals surface area (Å²) >= 11 is 0. The van der Waals surface area contributed by atoms with Gasteiger partial charge in [0, 0.05) is 37.8 Å². The molecule has 3 rings (SSSR count). The number of hydrogen-bond acceptors (Lipinski definition) is 3. The standard InChI is InChI=1S/C19H25N3O3/c1-13-10-14(2)12-15(11-13)20-18(24)19(25)21-8-5-16(6-9-21)22-7-3-4-17(22)23/h10-12,16H,3-9H2,1-2H3,(H,20,24). The fraction of sp³-hybridized carbons (Fsp3) is 0.526. The van der Waals surface area contributed by atoms with Gasteiger partial charge in [0.15, 0.2) is 0 Å². The number of piperidine rings is 1. The highest BCUT2D eigenvalue weighted by atomic mass is 16.2. The number of likely N-dealkylation sites (tertiary alicyclic amines) is 2. The van der Waals surface area contributed by atoms with E-state index in [1.165, 1.54) is 0 Å². The van der Waals surface area contributed by atoms with Crippen LogP contribution in [0.5, 0.6) is 0 Å². The first-order chi connectivity index (χ1) is 11.9. The van der Waals surface area contributed by atoms with Gasteiger partial charge in [-0.15, -0.1) is 0 Å². The number of carbonyl (C=O) groups excluding carboxylic acids is 3. The molecule has 1 aromatic carbocycles. The lowest BCUT2D eigenvalue weighted by atomic mass is 10.0. The Labute approximate surface area is 148 Å². The SMILES string of the molecule is Cc1cc(C)cc(NC(=O)C(=O)N2CCC(N3CCCC3=O)CC2)c1. The third kappa shape index (κ3) is 4.00. The van der Waals surface area contributed by atoms with E-state index in [2.05, 4.69) is 5.32 Å². The number of amides is 3. The Morgan fingerprint density at radius 2 is 1.68 bits per heavy atom. The average Bonchev–Trinajstić information content (AvgIpc) is 2.99. The molecule has 1 aromatic rings. The zero-order valence-corrected chi connectivity index (χ0v) is 14.9. The molecule has 0 atom stereocenters. The van der Waals surface area contributed by atoms with Gasteiger partial charge in [0.05, 0.1) is 0 Å². The lowest BCUT2D eigenvalue weighted by Crippen LogP contribution is -2.49. The number of anilines is 1. The van der Waals surface area contributed by atoms with Gasteiger partial charge in [-0.25, -0.2) is 0 Å². The van der Waals surface area contributed by atoms with Crippen molar-refractivity contribution in [1.29, 1.82) is 0 Å². The van der Waals surface area contributed by atoms with E-state index in [9.17, 15) is 14.4 Å². The van der Waals surface area contributed by atoms with Crippen LogP contribution in [0.25, 0.3) is 0 Å². The Bertz CT molecular complexity index is 673. The summed E-state index contributed by atoms with van der Waals surface area (Å²) in [5.74, 6) is -0.872. The quantitative estimate of drug-likeness (QED) is 0.833. The summed E-state index contributed by atoms with van der Waals surface area (Å²) in [5.41, 5.74) is 2.73. The van der Waals surface area contributed by atoms with E-state index in [-0.39, 0.29) is 11.9 Å². The third-order valence-electron chi connectivity index (χ3n) is 4.98. The second-order valence-corrected chi connectivity index (χ2v) is 7.04. The minimum Gasteiger partial charge on any atom is -0.340 e. The van der Waals surface area contributed by atoms with E-state index in [4.69, 9.17) is 0 Å². The van der Waals surface area contributed by atoms with Crippen molar-refractivity contribution in [2.24, 2.45) is 0 Å². The summed E-state index contributed by atoms with van der Waals surface area (Å²) in [6, 6.07) is 5.93. The topological polar surface area (TPSA) is 69.7 Å². The molecule has 0 aromatic heterocycles. The molecule has 0 radical (unpaired) electrons. The van der Waals surface area contributed by atoms with Gasteiger partial charge in [0.25, 0.3) is 0 Å². The van der Waals surface area contributed by atoms with Crippen molar-refractivity contribution in [3.63, 3.8) is 0 Å². The molecule has 0 saturated carbocycles. The molecule has 2 heterocycles. The molecule has 2 aliphatic heterocycles. The van der Waals surface area contributed by atoms with Crippen LogP contribution in [-0.2, 0) is 14.4 Å². The van der Waals surface area contributed by atoms with Gasteiger partial charge in [-0.1, -0.05) is 6.07 Å². The monoisotopic (exact) mass is 343 g/mol. The van der Waals surface area contributed by atoms with Crippen LogP contribution in [0.3, 0.4) is 0 Å². The Kier molecular flexibility index (Phi) is 5.06. The molecule has 1 N–H and O–H groups in total. The maximum Gasteiger partial charge on any atom is 0.313 e. The van der Waals surface area contributed by atoms with Crippen molar-refractivity contribution in [1.82, 2.24) is 9.80 Å². The van der Waals surface area contributed by atoms with E-state index in [1.54, 1.807) is 4.90 Å². The molecule has 0 bridgehead atoms. The van der Waals surface area contributed by atoms with Gasteiger partial charge in [-0.05, 0) is 56.4 Å². The van der Waals surface area contributed by atoms with Crippen LogP contribution in [-0.4, -0.2) is 53.2 Å². The normalized spacial score (nSPS) is 18.6. The van der Waals surface area contributed by atoms with Crippen molar-refractivity contribution in [2.75, 3.05) is 25.0 Å². The number of aryl methyl sites for hydroxylation is 2. The van der Waals surface area contributed by atoms with E-state index in [1.807, 2.05) is 36.9 Å². The summed E-state index contributed by atoms with van der Waals surface area (Å²) in [5, 5.41) is 2.70. The van der Waals surface area contributed by atoms with Gasteiger partial charge >= 0.3 is 11.8 Å². The largest absolute Gasteiger partial charge is 0.340 e. The Hall–Kier alpha value is -2.37. The smallest absolute Gasteiger partial charge is 0.313 e. The van der Waals surface area contributed by atoms with Crippen molar-refractivity contribution in [3.05, 3.63) is 29.3 Å². The van der Waals surface area contributed by atoms with Crippen LogP contribution in [0.15, 0.2) is 18.2 Å². The van der Waals surface area contributed by atoms with Crippen molar-refractivity contribution in [2.45, 2.75) is 45.6 Å². The number of benzene rings is 1. The van der Waals surface area contributed by atoms with Crippen LogP contribution in [0.4, 0.5) is 5.69 Å². The average molecular weight is 343 g/mol. The first kappa shape index (κ1) is 17.5. The Morgan fingerprint density at radius 1 is 1.04 bits per heavy atom. The third-order valence-corrected chi connectivity index (χ3v) is 4.98. The minimum absolute atomic E-state index is 0.210. The second-order valence-electron chi connectivity index (χ2n) is 7.04. The Morgan fingerprint density at radius 3 is 2.24 bits per heavy atom. The molecule has 6 heteroatoms. The van der Waals surface area contributed by atoms with Crippen molar-refractivity contribution in [3.8, 4) is 0 Å². The summed E-state index contributed by atoms with van der Waals surface area (Å²) in [4.78, 5) is 40.0. The summed E-state index contributed by atoms with van der Waals surface area (Å²) in [6.07, 6.45) is 3.05. The van der Waals surface area contributed by atoms with Gasteiger partial charge in [0.1, 0.15) is 0 Å². The van der Waals surface area contributed by atoms with Gasteiger partial charge in [-0.3, -0.25) is 14.4 Å². The number of nitrogens with zero attached hydrogens (tertiary/aromatic N) is 2. The minimum atomic E-state index is -0.597. The molecule has 3 amide bonds. The van der Waals surface area contributed by atoms with Crippen LogP contribution >= 0.6 is 0 Å². The molecular formula is C19H25N3O3. The number of rotatable bonds is 2. The number of carbonyl (C=O) groups is 3. The van der Waals surface area contributed by atoms with Gasteiger partial charge < -0.3 is 15.1 Å². The Balaban J connectivity index is 1.55.